The Kier molecular flexibility index (Phi) is 7.36. The molecule has 1 aromatic carbocycles. The van der Waals surface area contributed by atoms with E-state index in [1.165, 1.54) is 0 Å². The molecule has 5 nitrogen and oxygen atoms in total. The summed E-state index contributed by atoms with van der Waals surface area (Å²) in [6, 6.07) is 4.90. The minimum atomic E-state index is -0.122. The summed E-state index contributed by atoms with van der Waals surface area (Å²) in [5, 5.41) is 0.365. The summed E-state index contributed by atoms with van der Waals surface area (Å²) in [6.45, 7) is 2.19. The van der Waals surface area contributed by atoms with Gasteiger partial charge in [-0.3, -0.25) is 4.79 Å². The number of nitrogens with two attached hydrogens (primary N) is 1. The number of carbonyl (C=O) groups excluding carboxylic acids is 1. The van der Waals surface area contributed by atoms with Gasteiger partial charge in [-0.05, 0) is 24.6 Å². The summed E-state index contributed by atoms with van der Waals surface area (Å²) in [5.41, 5.74) is 6.63. The average Bonchev–Trinajstić information content (AvgIpc) is 2.42. The normalized spacial score (nSPS) is 10.6. The Morgan fingerprint density at radius 1 is 1.25 bits per heavy atom. The number of nitrogen functional groups attached to an aromatic ring is 1. The van der Waals surface area contributed by atoms with E-state index in [-0.39, 0.29) is 5.91 Å². The van der Waals surface area contributed by atoms with Gasteiger partial charge >= 0.3 is 0 Å². The molecule has 112 valence electrons. The first-order chi connectivity index (χ1) is 9.60. The summed E-state index contributed by atoms with van der Waals surface area (Å²) in [6.07, 6.45) is 0.762. The quantitative estimate of drug-likeness (QED) is 0.589. The van der Waals surface area contributed by atoms with Gasteiger partial charge in [-0.15, -0.1) is 0 Å². The Labute approximate surface area is 124 Å². The third-order valence-corrected chi connectivity index (χ3v) is 3.17. The monoisotopic (exact) mass is 300 g/mol. The molecule has 0 spiro atoms. The van der Waals surface area contributed by atoms with Crippen LogP contribution in [0.2, 0.25) is 5.02 Å². The Morgan fingerprint density at radius 2 is 1.95 bits per heavy atom. The van der Waals surface area contributed by atoms with Gasteiger partial charge in [0.25, 0.3) is 5.91 Å². The highest BCUT2D eigenvalue weighted by atomic mass is 35.5. The number of carbonyl (C=O) groups is 1. The van der Waals surface area contributed by atoms with Gasteiger partial charge in [0.15, 0.2) is 0 Å². The Bertz CT molecular complexity index is 440. The van der Waals surface area contributed by atoms with Crippen LogP contribution in [0.15, 0.2) is 18.2 Å². The van der Waals surface area contributed by atoms with E-state index in [1.807, 2.05) is 0 Å². The number of amides is 1. The fourth-order valence-corrected chi connectivity index (χ4v) is 2.06. The van der Waals surface area contributed by atoms with Crippen LogP contribution in [0.5, 0.6) is 0 Å². The molecule has 1 amide bonds. The Hall–Kier alpha value is -1.30. The first kappa shape index (κ1) is 16.8. The zero-order valence-electron chi connectivity index (χ0n) is 11.9. The molecule has 0 saturated heterocycles. The maximum atomic E-state index is 12.5. The van der Waals surface area contributed by atoms with Gasteiger partial charge in [0.1, 0.15) is 0 Å². The lowest BCUT2D eigenvalue weighted by Crippen LogP contribution is -2.35. The number of halogens is 1. The van der Waals surface area contributed by atoms with Crippen molar-refractivity contribution in [1.82, 2.24) is 4.90 Å². The Balaban J connectivity index is 2.79. The smallest absolute Gasteiger partial charge is 0.255 e. The van der Waals surface area contributed by atoms with Crippen molar-refractivity contribution in [3.63, 3.8) is 0 Å². The number of methoxy groups -OCH3 is 2. The maximum Gasteiger partial charge on any atom is 0.255 e. The molecule has 0 saturated carbocycles. The van der Waals surface area contributed by atoms with Crippen molar-refractivity contribution in [3.8, 4) is 0 Å². The van der Waals surface area contributed by atoms with Crippen LogP contribution in [-0.4, -0.2) is 51.3 Å². The van der Waals surface area contributed by atoms with Crippen LogP contribution in [0, 0.1) is 0 Å². The standard InChI is InChI=1S/C14H21ClN2O3/c1-19-8-3-6-17(7-9-20-2)14(18)12-5-4-11(16)10-13(12)15/h4-5,10H,3,6-9,16H2,1-2H3. The van der Waals surface area contributed by atoms with Crippen molar-refractivity contribution in [1.29, 1.82) is 0 Å². The van der Waals surface area contributed by atoms with Gasteiger partial charge in [0, 0.05) is 39.6 Å². The number of ether oxygens (including phenoxy) is 2. The lowest BCUT2D eigenvalue weighted by atomic mass is 10.1. The second-order valence-corrected chi connectivity index (χ2v) is 4.78. The molecule has 0 aliphatic rings. The minimum absolute atomic E-state index is 0.122. The zero-order valence-corrected chi connectivity index (χ0v) is 12.7. The lowest BCUT2D eigenvalue weighted by Gasteiger charge is -2.23. The minimum Gasteiger partial charge on any atom is -0.399 e. The predicted molar refractivity (Wildman–Crippen MR) is 80.1 cm³/mol. The van der Waals surface area contributed by atoms with Crippen LogP contribution in [0.25, 0.3) is 0 Å². The van der Waals surface area contributed by atoms with E-state index in [9.17, 15) is 4.79 Å². The third-order valence-electron chi connectivity index (χ3n) is 2.85. The highest BCUT2D eigenvalue weighted by Gasteiger charge is 2.18. The molecule has 1 rings (SSSR count). The molecule has 2 N–H and O–H groups in total. The van der Waals surface area contributed by atoms with Gasteiger partial charge < -0.3 is 20.1 Å². The van der Waals surface area contributed by atoms with E-state index in [4.69, 9.17) is 26.8 Å². The molecule has 0 fully saturated rings. The summed E-state index contributed by atoms with van der Waals surface area (Å²) < 4.78 is 10.0. The molecular weight excluding hydrogens is 280 g/mol. The van der Waals surface area contributed by atoms with Crippen molar-refractivity contribution in [2.45, 2.75) is 6.42 Å². The Morgan fingerprint density at radius 3 is 2.55 bits per heavy atom. The van der Waals surface area contributed by atoms with E-state index in [0.717, 1.165) is 6.42 Å². The molecule has 6 heteroatoms. The number of anilines is 1. The molecule has 0 aliphatic carbocycles. The van der Waals surface area contributed by atoms with Gasteiger partial charge in [-0.25, -0.2) is 0 Å². The fraction of sp³-hybridized carbons (Fsp3) is 0.500. The van der Waals surface area contributed by atoms with Crippen LogP contribution in [0.3, 0.4) is 0 Å². The van der Waals surface area contributed by atoms with E-state index < -0.39 is 0 Å². The van der Waals surface area contributed by atoms with Crippen molar-refractivity contribution in [2.24, 2.45) is 0 Å². The predicted octanol–water partition coefficient (Wildman–Crippen LogP) is 2.05. The maximum absolute atomic E-state index is 12.5. The molecule has 20 heavy (non-hydrogen) atoms. The summed E-state index contributed by atoms with van der Waals surface area (Å²) in [5.74, 6) is -0.122. The van der Waals surface area contributed by atoms with Crippen LogP contribution < -0.4 is 5.73 Å². The van der Waals surface area contributed by atoms with Crippen molar-refractivity contribution in [2.75, 3.05) is 46.3 Å². The first-order valence-corrected chi connectivity index (χ1v) is 6.80. The molecule has 1 aromatic rings. The molecular formula is C14H21ClN2O3. The fourth-order valence-electron chi connectivity index (χ4n) is 1.79. The highest BCUT2D eigenvalue weighted by Crippen LogP contribution is 2.20. The summed E-state index contributed by atoms with van der Waals surface area (Å²) in [4.78, 5) is 14.2. The molecule has 0 radical (unpaired) electrons. The SMILES string of the molecule is COCCCN(CCOC)C(=O)c1ccc(N)cc1Cl. The van der Waals surface area contributed by atoms with Gasteiger partial charge in [0.05, 0.1) is 17.2 Å². The van der Waals surface area contributed by atoms with Crippen LogP contribution >= 0.6 is 11.6 Å². The van der Waals surface area contributed by atoms with E-state index >= 15 is 0 Å². The molecule has 0 unspecified atom stereocenters. The van der Waals surface area contributed by atoms with Crippen LogP contribution in [0.1, 0.15) is 16.8 Å². The third kappa shape index (κ3) is 5.00. The van der Waals surface area contributed by atoms with E-state index in [2.05, 4.69) is 0 Å². The van der Waals surface area contributed by atoms with Crippen LogP contribution in [-0.2, 0) is 9.47 Å². The number of nitrogens with zero attached hydrogens (tertiary/aromatic N) is 1. The van der Waals surface area contributed by atoms with E-state index in [1.54, 1.807) is 37.3 Å². The lowest BCUT2D eigenvalue weighted by molar-refractivity contribution is 0.0674. The largest absolute Gasteiger partial charge is 0.399 e. The number of benzene rings is 1. The zero-order chi connectivity index (χ0) is 15.0. The summed E-state index contributed by atoms with van der Waals surface area (Å²) >= 11 is 6.08. The van der Waals surface area contributed by atoms with E-state index in [0.29, 0.717) is 42.6 Å². The second kappa shape index (κ2) is 8.79. The van der Waals surface area contributed by atoms with Gasteiger partial charge in [0.2, 0.25) is 0 Å². The molecule has 0 heterocycles. The van der Waals surface area contributed by atoms with Crippen molar-refractivity contribution in [3.05, 3.63) is 28.8 Å². The van der Waals surface area contributed by atoms with Gasteiger partial charge in [-0.1, -0.05) is 11.6 Å². The molecule has 0 aromatic heterocycles. The molecule has 0 bridgehead atoms. The topological polar surface area (TPSA) is 64.8 Å². The number of hydrogen-bond donors (Lipinski definition) is 1. The molecule has 0 atom stereocenters. The van der Waals surface area contributed by atoms with Gasteiger partial charge in [-0.2, -0.15) is 0 Å². The van der Waals surface area contributed by atoms with Crippen molar-refractivity contribution >= 4 is 23.2 Å². The van der Waals surface area contributed by atoms with Crippen molar-refractivity contribution < 1.29 is 14.3 Å². The number of hydrogen-bond acceptors (Lipinski definition) is 4. The number of rotatable bonds is 8. The highest BCUT2D eigenvalue weighted by molar-refractivity contribution is 6.34. The average molecular weight is 301 g/mol. The second-order valence-electron chi connectivity index (χ2n) is 4.37. The molecule has 0 aliphatic heterocycles. The van der Waals surface area contributed by atoms with Crippen LogP contribution in [0.4, 0.5) is 5.69 Å². The first-order valence-electron chi connectivity index (χ1n) is 6.42. The summed E-state index contributed by atoms with van der Waals surface area (Å²) in [7, 11) is 3.24.